The van der Waals surface area contributed by atoms with E-state index in [0.29, 0.717) is 12.4 Å². The number of aryl methyl sites for hydroxylation is 1. The zero-order valence-electron chi connectivity index (χ0n) is 13.6. The lowest BCUT2D eigenvalue weighted by molar-refractivity contribution is 0.299. The van der Waals surface area contributed by atoms with E-state index in [1.807, 2.05) is 31.1 Å². The molecule has 1 N–H and O–H groups in total. The third-order valence-electron chi connectivity index (χ3n) is 3.81. The molecule has 0 fully saturated rings. The van der Waals surface area contributed by atoms with Gasteiger partial charge in [-0.3, -0.25) is 0 Å². The number of pyridine rings is 1. The molecular formula is C18H20N4O. The summed E-state index contributed by atoms with van der Waals surface area (Å²) >= 11 is 0. The van der Waals surface area contributed by atoms with Crippen LogP contribution in [0, 0.1) is 6.92 Å². The summed E-state index contributed by atoms with van der Waals surface area (Å²) in [5, 5.41) is 10.2. The minimum absolute atomic E-state index is 0.158. The smallest absolute Gasteiger partial charge is 0.224 e. The van der Waals surface area contributed by atoms with Crippen LogP contribution < -0.4 is 4.90 Å². The Morgan fingerprint density at radius 2 is 1.83 bits per heavy atom. The molecule has 0 atom stereocenters. The van der Waals surface area contributed by atoms with Crippen LogP contribution in [0.1, 0.15) is 11.1 Å². The molecule has 0 saturated carbocycles. The molecule has 0 bridgehead atoms. The first kappa shape index (κ1) is 15.4. The minimum Gasteiger partial charge on any atom is -0.396 e. The Morgan fingerprint density at radius 3 is 2.48 bits per heavy atom. The van der Waals surface area contributed by atoms with Crippen molar-refractivity contribution in [3.8, 4) is 11.3 Å². The predicted molar refractivity (Wildman–Crippen MR) is 92.6 cm³/mol. The second-order valence-corrected chi connectivity index (χ2v) is 5.82. The summed E-state index contributed by atoms with van der Waals surface area (Å²) in [6.45, 7) is 2.23. The van der Waals surface area contributed by atoms with Crippen molar-refractivity contribution in [3.05, 3.63) is 47.8 Å². The van der Waals surface area contributed by atoms with E-state index >= 15 is 0 Å². The normalized spacial score (nSPS) is 11.0. The Bertz CT molecular complexity index is 828. The number of benzene rings is 1. The summed E-state index contributed by atoms with van der Waals surface area (Å²) < 4.78 is 0. The second-order valence-electron chi connectivity index (χ2n) is 5.82. The first-order valence-corrected chi connectivity index (χ1v) is 7.59. The van der Waals surface area contributed by atoms with Crippen LogP contribution in [0.4, 0.5) is 5.95 Å². The molecule has 0 unspecified atom stereocenters. The SMILES string of the molecule is Cc1cc(-c2cnc(N(C)C)nc2)nc2ccc(CCO)cc12. The predicted octanol–water partition coefficient (Wildman–Crippen LogP) is 2.60. The molecule has 2 heterocycles. The Balaban J connectivity index is 2.03. The van der Waals surface area contributed by atoms with Gasteiger partial charge in [0, 0.05) is 44.0 Å². The van der Waals surface area contributed by atoms with Gasteiger partial charge in [0.15, 0.2) is 0 Å². The molecule has 0 radical (unpaired) electrons. The maximum atomic E-state index is 9.08. The highest BCUT2D eigenvalue weighted by Crippen LogP contribution is 2.25. The second kappa shape index (κ2) is 6.30. The maximum absolute atomic E-state index is 9.08. The third kappa shape index (κ3) is 3.14. The number of nitrogens with zero attached hydrogens (tertiary/aromatic N) is 4. The Hall–Kier alpha value is -2.53. The molecule has 118 valence electrons. The van der Waals surface area contributed by atoms with Gasteiger partial charge in [-0.2, -0.15) is 0 Å². The van der Waals surface area contributed by atoms with E-state index in [1.165, 1.54) is 0 Å². The molecule has 0 aliphatic rings. The standard InChI is InChI=1S/C18H20N4O/c1-12-8-17(14-10-19-18(20-11-14)22(2)3)21-16-5-4-13(6-7-23)9-15(12)16/h4-5,8-11,23H,6-7H2,1-3H3. The number of fused-ring (bicyclic) bond motifs is 1. The van der Waals surface area contributed by atoms with E-state index in [4.69, 9.17) is 10.1 Å². The van der Waals surface area contributed by atoms with Gasteiger partial charge in [0.1, 0.15) is 0 Å². The van der Waals surface area contributed by atoms with Gasteiger partial charge in [0.25, 0.3) is 0 Å². The fourth-order valence-electron chi connectivity index (χ4n) is 2.56. The average molecular weight is 308 g/mol. The third-order valence-corrected chi connectivity index (χ3v) is 3.81. The van der Waals surface area contributed by atoms with Crippen LogP contribution in [0.5, 0.6) is 0 Å². The first-order chi connectivity index (χ1) is 11.1. The highest BCUT2D eigenvalue weighted by Gasteiger charge is 2.08. The van der Waals surface area contributed by atoms with Gasteiger partial charge in [0.05, 0.1) is 11.2 Å². The number of hydrogen-bond acceptors (Lipinski definition) is 5. The summed E-state index contributed by atoms with van der Waals surface area (Å²) in [6.07, 6.45) is 4.27. The van der Waals surface area contributed by atoms with Gasteiger partial charge in [0.2, 0.25) is 5.95 Å². The molecule has 3 aromatic rings. The van der Waals surface area contributed by atoms with Crippen molar-refractivity contribution in [3.63, 3.8) is 0 Å². The average Bonchev–Trinajstić information content (AvgIpc) is 2.55. The largest absolute Gasteiger partial charge is 0.396 e. The van der Waals surface area contributed by atoms with Crippen LogP contribution in [0.3, 0.4) is 0 Å². The van der Waals surface area contributed by atoms with Crippen LogP contribution in [-0.4, -0.2) is 40.8 Å². The quantitative estimate of drug-likeness (QED) is 0.802. The highest BCUT2D eigenvalue weighted by atomic mass is 16.2. The molecule has 0 amide bonds. The first-order valence-electron chi connectivity index (χ1n) is 7.59. The topological polar surface area (TPSA) is 62.1 Å². The van der Waals surface area contributed by atoms with E-state index in [9.17, 15) is 0 Å². The molecular weight excluding hydrogens is 288 g/mol. The van der Waals surface area contributed by atoms with Crippen molar-refractivity contribution < 1.29 is 5.11 Å². The Kier molecular flexibility index (Phi) is 4.21. The van der Waals surface area contributed by atoms with Crippen LogP contribution in [-0.2, 0) is 6.42 Å². The number of hydrogen-bond donors (Lipinski definition) is 1. The van der Waals surface area contributed by atoms with Crippen molar-refractivity contribution in [2.45, 2.75) is 13.3 Å². The monoisotopic (exact) mass is 308 g/mol. The van der Waals surface area contributed by atoms with E-state index in [-0.39, 0.29) is 6.61 Å². The van der Waals surface area contributed by atoms with Crippen molar-refractivity contribution >= 4 is 16.9 Å². The molecule has 0 aliphatic carbocycles. The van der Waals surface area contributed by atoms with Gasteiger partial charge >= 0.3 is 0 Å². The highest BCUT2D eigenvalue weighted by molar-refractivity contribution is 5.85. The lowest BCUT2D eigenvalue weighted by Gasteiger charge is -2.11. The summed E-state index contributed by atoms with van der Waals surface area (Å²) in [4.78, 5) is 15.3. The fourth-order valence-corrected chi connectivity index (χ4v) is 2.56. The van der Waals surface area contributed by atoms with E-state index < -0.39 is 0 Å². The molecule has 2 aromatic heterocycles. The van der Waals surface area contributed by atoms with Crippen molar-refractivity contribution in [1.29, 1.82) is 0 Å². The van der Waals surface area contributed by atoms with Crippen LogP contribution in [0.2, 0.25) is 0 Å². The molecule has 23 heavy (non-hydrogen) atoms. The molecule has 5 heteroatoms. The van der Waals surface area contributed by atoms with Crippen molar-refractivity contribution in [1.82, 2.24) is 15.0 Å². The molecule has 0 saturated heterocycles. The summed E-state index contributed by atoms with van der Waals surface area (Å²) in [6, 6.07) is 8.18. The summed E-state index contributed by atoms with van der Waals surface area (Å²) in [7, 11) is 3.83. The fraction of sp³-hybridized carbons (Fsp3) is 0.278. The minimum atomic E-state index is 0.158. The lowest BCUT2D eigenvalue weighted by atomic mass is 10.0. The molecule has 0 spiro atoms. The Labute approximate surface area is 135 Å². The number of anilines is 1. The number of aromatic nitrogens is 3. The van der Waals surface area contributed by atoms with E-state index in [2.05, 4.69) is 29.0 Å². The lowest BCUT2D eigenvalue weighted by Crippen LogP contribution is -2.12. The van der Waals surface area contributed by atoms with Crippen LogP contribution in [0.25, 0.3) is 22.2 Å². The Morgan fingerprint density at radius 1 is 1.09 bits per heavy atom. The van der Waals surface area contributed by atoms with Crippen molar-refractivity contribution in [2.75, 3.05) is 25.6 Å². The molecule has 5 nitrogen and oxygen atoms in total. The van der Waals surface area contributed by atoms with Crippen LogP contribution >= 0.6 is 0 Å². The zero-order chi connectivity index (χ0) is 16.4. The van der Waals surface area contributed by atoms with Gasteiger partial charge < -0.3 is 10.0 Å². The number of rotatable bonds is 4. The summed E-state index contributed by atoms with van der Waals surface area (Å²) in [5.41, 5.74) is 4.99. The maximum Gasteiger partial charge on any atom is 0.224 e. The van der Waals surface area contributed by atoms with Gasteiger partial charge in [-0.1, -0.05) is 6.07 Å². The molecule has 1 aromatic carbocycles. The summed E-state index contributed by atoms with van der Waals surface area (Å²) in [5.74, 6) is 0.680. The van der Waals surface area contributed by atoms with Crippen molar-refractivity contribution in [2.24, 2.45) is 0 Å². The number of aliphatic hydroxyl groups is 1. The van der Waals surface area contributed by atoms with E-state index in [0.717, 1.165) is 33.3 Å². The molecule has 0 aliphatic heterocycles. The van der Waals surface area contributed by atoms with Gasteiger partial charge in [-0.25, -0.2) is 15.0 Å². The van der Waals surface area contributed by atoms with Crippen LogP contribution in [0.15, 0.2) is 36.7 Å². The van der Waals surface area contributed by atoms with Gasteiger partial charge in [-0.15, -0.1) is 0 Å². The number of aliphatic hydroxyl groups excluding tert-OH is 1. The molecule has 3 rings (SSSR count). The zero-order valence-corrected chi connectivity index (χ0v) is 13.6. The van der Waals surface area contributed by atoms with Gasteiger partial charge in [-0.05, 0) is 42.7 Å². The van der Waals surface area contributed by atoms with E-state index in [1.54, 1.807) is 12.4 Å².